The Labute approximate surface area is 121 Å². The molecule has 100 valence electrons. The minimum Gasteiger partial charge on any atom is -0.487 e. The highest BCUT2D eigenvalue weighted by Crippen LogP contribution is 2.31. The largest absolute Gasteiger partial charge is 0.487 e. The van der Waals surface area contributed by atoms with Gasteiger partial charge in [-0.25, -0.2) is 4.39 Å². The van der Waals surface area contributed by atoms with Gasteiger partial charge in [-0.1, -0.05) is 25.1 Å². The molecule has 0 aliphatic carbocycles. The normalized spacial score (nSPS) is 10.5. The van der Waals surface area contributed by atoms with Crippen molar-refractivity contribution in [1.82, 2.24) is 0 Å². The van der Waals surface area contributed by atoms with Crippen molar-refractivity contribution in [1.29, 1.82) is 0 Å². The summed E-state index contributed by atoms with van der Waals surface area (Å²) in [5.41, 5.74) is 3.18. The van der Waals surface area contributed by atoms with Crippen molar-refractivity contribution in [3.05, 3.63) is 63.4 Å². The van der Waals surface area contributed by atoms with Gasteiger partial charge in [-0.05, 0) is 64.2 Å². The molecular weight excluding hydrogens is 307 g/mol. The quantitative estimate of drug-likeness (QED) is 0.766. The van der Waals surface area contributed by atoms with Gasteiger partial charge >= 0.3 is 0 Å². The smallest absolute Gasteiger partial charge is 0.137 e. The van der Waals surface area contributed by atoms with Gasteiger partial charge in [-0.15, -0.1) is 0 Å². The minimum atomic E-state index is -0.236. The molecule has 0 heterocycles. The van der Waals surface area contributed by atoms with Gasteiger partial charge in [-0.3, -0.25) is 0 Å². The summed E-state index contributed by atoms with van der Waals surface area (Å²) in [7, 11) is 0. The number of rotatable bonds is 4. The van der Waals surface area contributed by atoms with Crippen LogP contribution in [0.5, 0.6) is 5.75 Å². The average Bonchev–Trinajstić information content (AvgIpc) is 2.37. The molecule has 0 spiro atoms. The highest BCUT2D eigenvalue weighted by atomic mass is 79.9. The molecule has 1 nitrogen and oxygen atoms in total. The second kappa shape index (κ2) is 6.20. The third kappa shape index (κ3) is 3.57. The van der Waals surface area contributed by atoms with Gasteiger partial charge in [0.05, 0.1) is 4.47 Å². The fraction of sp³-hybridized carbons (Fsp3) is 0.250. The predicted molar refractivity (Wildman–Crippen MR) is 79.0 cm³/mol. The Morgan fingerprint density at radius 1 is 1.21 bits per heavy atom. The second-order valence-corrected chi connectivity index (χ2v) is 5.36. The fourth-order valence-corrected chi connectivity index (χ4v) is 2.74. The van der Waals surface area contributed by atoms with Crippen molar-refractivity contribution in [3.63, 3.8) is 0 Å². The maximum absolute atomic E-state index is 13.1. The maximum atomic E-state index is 13.1. The van der Waals surface area contributed by atoms with Crippen LogP contribution in [0.25, 0.3) is 0 Å². The molecule has 0 bridgehead atoms. The summed E-state index contributed by atoms with van der Waals surface area (Å²) in [5.74, 6) is 0.608. The van der Waals surface area contributed by atoms with Crippen molar-refractivity contribution in [2.24, 2.45) is 0 Å². The van der Waals surface area contributed by atoms with E-state index in [9.17, 15) is 4.39 Å². The monoisotopic (exact) mass is 322 g/mol. The number of hydrogen-bond acceptors (Lipinski definition) is 1. The molecule has 2 aromatic rings. The lowest BCUT2D eigenvalue weighted by atomic mass is 10.1. The summed E-state index contributed by atoms with van der Waals surface area (Å²) in [6.45, 7) is 4.52. The van der Waals surface area contributed by atoms with E-state index in [4.69, 9.17) is 4.74 Å². The number of halogens is 2. The molecule has 0 amide bonds. The van der Waals surface area contributed by atoms with Gasteiger partial charge in [0.2, 0.25) is 0 Å². The SMILES string of the molecule is CCc1cc(C)cc(Br)c1OCc1cccc(F)c1. The zero-order chi connectivity index (χ0) is 13.8. The van der Waals surface area contributed by atoms with E-state index in [0.717, 1.165) is 27.8 Å². The Balaban J connectivity index is 2.19. The minimum absolute atomic E-state index is 0.236. The molecule has 0 aliphatic rings. The third-order valence-corrected chi connectivity index (χ3v) is 3.51. The van der Waals surface area contributed by atoms with Crippen LogP contribution in [0, 0.1) is 12.7 Å². The van der Waals surface area contributed by atoms with Gasteiger partial charge in [-0.2, -0.15) is 0 Å². The Bertz CT molecular complexity index is 581. The zero-order valence-electron chi connectivity index (χ0n) is 11.0. The Hall–Kier alpha value is -1.35. The lowest BCUT2D eigenvalue weighted by molar-refractivity contribution is 0.300. The lowest BCUT2D eigenvalue weighted by Gasteiger charge is -2.13. The van der Waals surface area contributed by atoms with Crippen molar-refractivity contribution in [2.45, 2.75) is 26.9 Å². The van der Waals surface area contributed by atoms with E-state index < -0.39 is 0 Å². The van der Waals surface area contributed by atoms with Crippen LogP contribution in [0.1, 0.15) is 23.6 Å². The molecule has 2 aromatic carbocycles. The highest BCUT2D eigenvalue weighted by molar-refractivity contribution is 9.10. The molecule has 0 aliphatic heterocycles. The Kier molecular flexibility index (Phi) is 4.59. The summed E-state index contributed by atoms with van der Waals surface area (Å²) in [6.07, 6.45) is 0.902. The van der Waals surface area contributed by atoms with Gasteiger partial charge in [0, 0.05) is 0 Å². The molecule has 0 N–H and O–H groups in total. The van der Waals surface area contributed by atoms with Crippen molar-refractivity contribution in [2.75, 3.05) is 0 Å². The predicted octanol–water partition coefficient (Wildman–Crippen LogP) is 5.04. The number of aryl methyl sites for hydroxylation is 2. The molecule has 0 fully saturated rings. The molecule has 19 heavy (non-hydrogen) atoms. The molecule has 0 atom stereocenters. The van der Waals surface area contributed by atoms with E-state index in [1.807, 2.05) is 12.1 Å². The van der Waals surface area contributed by atoms with E-state index in [1.165, 1.54) is 17.7 Å². The van der Waals surface area contributed by atoms with E-state index >= 15 is 0 Å². The molecule has 3 heteroatoms. The average molecular weight is 323 g/mol. The van der Waals surface area contributed by atoms with E-state index in [0.29, 0.717) is 6.61 Å². The highest BCUT2D eigenvalue weighted by Gasteiger charge is 2.08. The van der Waals surface area contributed by atoms with Crippen molar-refractivity contribution >= 4 is 15.9 Å². The van der Waals surface area contributed by atoms with E-state index in [-0.39, 0.29) is 5.82 Å². The standard InChI is InChI=1S/C16H16BrFO/c1-3-13-7-11(2)8-15(17)16(13)19-10-12-5-4-6-14(18)9-12/h4-9H,3,10H2,1-2H3. The van der Waals surface area contributed by atoms with E-state index in [2.05, 4.69) is 35.8 Å². The first-order valence-corrected chi connectivity index (χ1v) is 7.05. The number of benzene rings is 2. The van der Waals surface area contributed by atoms with Crippen LogP contribution in [-0.2, 0) is 13.0 Å². The van der Waals surface area contributed by atoms with Gasteiger partial charge in [0.1, 0.15) is 18.2 Å². The molecule has 0 saturated heterocycles. The van der Waals surface area contributed by atoms with Crippen LogP contribution < -0.4 is 4.74 Å². The van der Waals surface area contributed by atoms with Gasteiger partial charge in [0.25, 0.3) is 0 Å². The summed E-state index contributed by atoms with van der Waals surface area (Å²) in [5, 5.41) is 0. The Morgan fingerprint density at radius 2 is 2.00 bits per heavy atom. The number of ether oxygens (including phenoxy) is 1. The van der Waals surface area contributed by atoms with Crippen molar-refractivity contribution in [3.8, 4) is 5.75 Å². The first-order chi connectivity index (χ1) is 9.10. The first kappa shape index (κ1) is 14.1. The summed E-state index contributed by atoms with van der Waals surface area (Å²) in [4.78, 5) is 0. The second-order valence-electron chi connectivity index (χ2n) is 4.51. The van der Waals surface area contributed by atoms with Crippen LogP contribution in [-0.4, -0.2) is 0 Å². The molecule has 0 saturated carbocycles. The van der Waals surface area contributed by atoms with Crippen LogP contribution in [0.4, 0.5) is 4.39 Å². The van der Waals surface area contributed by atoms with Crippen LogP contribution in [0.15, 0.2) is 40.9 Å². The molecular formula is C16H16BrFO. The van der Waals surface area contributed by atoms with E-state index in [1.54, 1.807) is 6.07 Å². The van der Waals surface area contributed by atoms with Crippen LogP contribution in [0.3, 0.4) is 0 Å². The third-order valence-electron chi connectivity index (χ3n) is 2.92. The molecule has 0 unspecified atom stereocenters. The van der Waals surface area contributed by atoms with Crippen LogP contribution >= 0.6 is 15.9 Å². The summed E-state index contributed by atoms with van der Waals surface area (Å²) >= 11 is 3.53. The Morgan fingerprint density at radius 3 is 2.68 bits per heavy atom. The lowest BCUT2D eigenvalue weighted by Crippen LogP contribution is -2.00. The molecule has 0 radical (unpaired) electrons. The van der Waals surface area contributed by atoms with Gasteiger partial charge in [0.15, 0.2) is 0 Å². The fourth-order valence-electron chi connectivity index (χ4n) is 2.01. The maximum Gasteiger partial charge on any atom is 0.137 e. The zero-order valence-corrected chi connectivity index (χ0v) is 12.6. The summed E-state index contributed by atoms with van der Waals surface area (Å²) in [6, 6.07) is 10.6. The molecule has 0 aromatic heterocycles. The first-order valence-electron chi connectivity index (χ1n) is 6.26. The van der Waals surface area contributed by atoms with Gasteiger partial charge < -0.3 is 4.74 Å². The summed E-state index contributed by atoms with van der Waals surface area (Å²) < 4.78 is 19.9. The van der Waals surface area contributed by atoms with Crippen LogP contribution in [0.2, 0.25) is 0 Å². The number of hydrogen-bond donors (Lipinski definition) is 0. The topological polar surface area (TPSA) is 9.23 Å². The molecule has 2 rings (SSSR count). The van der Waals surface area contributed by atoms with Crippen molar-refractivity contribution < 1.29 is 9.13 Å².